The lowest BCUT2D eigenvalue weighted by atomic mass is 10.1. The van der Waals surface area contributed by atoms with Crippen LogP contribution in [0.4, 0.5) is 5.69 Å². The van der Waals surface area contributed by atoms with E-state index in [4.69, 9.17) is 0 Å². The summed E-state index contributed by atoms with van der Waals surface area (Å²) in [5.74, 6) is 0. The van der Waals surface area contributed by atoms with Gasteiger partial charge in [-0.1, -0.05) is 17.7 Å². The van der Waals surface area contributed by atoms with Crippen molar-refractivity contribution in [3.8, 4) is 0 Å². The fourth-order valence-corrected chi connectivity index (χ4v) is 2.58. The van der Waals surface area contributed by atoms with Crippen LogP contribution in [0.25, 0.3) is 0 Å². The van der Waals surface area contributed by atoms with Gasteiger partial charge in [-0.05, 0) is 51.8 Å². The molecule has 1 N–H and O–H groups in total. The lowest BCUT2D eigenvalue weighted by molar-refractivity contribution is 0.475. The van der Waals surface area contributed by atoms with Gasteiger partial charge in [0.2, 0.25) is 0 Å². The first-order valence-electron chi connectivity index (χ1n) is 6.72. The van der Waals surface area contributed by atoms with Crippen LogP contribution in [0.2, 0.25) is 0 Å². The summed E-state index contributed by atoms with van der Waals surface area (Å²) >= 11 is 0. The van der Waals surface area contributed by atoms with E-state index in [1.165, 1.54) is 36.2 Å². The first kappa shape index (κ1) is 12.4. The Morgan fingerprint density at radius 2 is 2.06 bits per heavy atom. The highest BCUT2D eigenvalue weighted by molar-refractivity contribution is 5.54. The van der Waals surface area contributed by atoms with Crippen molar-refractivity contribution >= 4 is 5.69 Å². The summed E-state index contributed by atoms with van der Waals surface area (Å²) in [4.78, 5) is 2.55. The van der Waals surface area contributed by atoms with E-state index in [0.717, 1.165) is 13.1 Å². The van der Waals surface area contributed by atoms with Gasteiger partial charge in [-0.2, -0.15) is 0 Å². The molecule has 1 aliphatic rings. The highest BCUT2D eigenvalue weighted by atomic mass is 15.1. The molecule has 0 aromatic heterocycles. The lowest BCUT2D eigenvalue weighted by Gasteiger charge is -2.30. The van der Waals surface area contributed by atoms with Crippen LogP contribution in [0.5, 0.6) is 0 Å². The molecule has 2 nitrogen and oxygen atoms in total. The average Bonchev–Trinajstić information content (AvgIpc) is 2.26. The second-order valence-corrected chi connectivity index (χ2v) is 5.27. The van der Waals surface area contributed by atoms with Crippen LogP contribution < -0.4 is 10.2 Å². The fraction of sp³-hybridized carbons (Fsp3) is 0.600. The van der Waals surface area contributed by atoms with E-state index in [2.05, 4.69) is 49.2 Å². The Balaban J connectivity index is 2.13. The van der Waals surface area contributed by atoms with Gasteiger partial charge >= 0.3 is 0 Å². The highest BCUT2D eigenvalue weighted by Gasteiger charge is 2.13. The maximum absolute atomic E-state index is 3.55. The number of nitrogens with zero attached hydrogens (tertiary/aromatic N) is 1. The molecule has 0 saturated carbocycles. The molecule has 1 heterocycles. The number of anilines is 1. The second kappa shape index (κ2) is 5.54. The maximum atomic E-state index is 3.55. The second-order valence-electron chi connectivity index (χ2n) is 5.27. The zero-order valence-corrected chi connectivity index (χ0v) is 11.3. The molecule has 1 saturated heterocycles. The van der Waals surface area contributed by atoms with Crippen LogP contribution in [-0.2, 0) is 0 Å². The highest BCUT2D eigenvalue weighted by Crippen LogP contribution is 2.22. The third kappa shape index (κ3) is 3.22. The third-order valence-electron chi connectivity index (χ3n) is 3.62. The molecule has 1 aromatic rings. The molecule has 1 aromatic carbocycles. The zero-order valence-electron chi connectivity index (χ0n) is 11.3. The molecule has 0 amide bonds. The van der Waals surface area contributed by atoms with Gasteiger partial charge in [0.1, 0.15) is 0 Å². The third-order valence-corrected chi connectivity index (χ3v) is 3.62. The van der Waals surface area contributed by atoms with E-state index >= 15 is 0 Å². The van der Waals surface area contributed by atoms with Crippen LogP contribution in [0.1, 0.15) is 30.9 Å². The van der Waals surface area contributed by atoms with Gasteiger partial charge in [-0.15, -0.1) is 0 Å². The Bertz CT molecular complexity index is 373. The van der Waals surface area contributed by atoms with Crippen molar-refractivity contribution in [1.29, 1.82) is 0 Å². The summed E-state index contributed by atoms with van der Waals surface area (Å²) in [7, 11) is 0. The number of hydrogen-bond donors (Lipinski definition) is 1. The van der Waals surface area contributed by atoms with Crippen molar-refractivity contribution in [2.45, 2.75) is 39.7 Å². The molecule has 17 heavy (non-hydrogen) atoms. The topological polar surface area (TPSA) is 15.3 Å². The Morgan fingerprint density at radius 3 is 2.82 bits per heavy atom. The SMILES string of the molecule is Cc1ccc(N2CCCNC(C)CC2)c(C)c1. The molecule has 0 aliphatic carbocycles. The normalized spacial score (nSPS) is 22.1. The summed E-state index contributed by atoms with van der Waals surface area (Å²) < 4.78 is 0. The molecule has 2 heteroatoms. The van der Waals surface area contributed by atoms with Crippen molar-refractivity contribution in [2.24, 2.45) is 0 Å². The molecule has 2 rings (SSSR count). The first-order chi connectivity index (χ1) is 8.16. The van der Waals surface area contributed by atoms with Crippen LogP contribution in [0, 0.1) is 13.8 Å². The van der Waals surface area contributed by atoms with Gasteiger partial charge in [-0.3, -0.25) is 0 Å². The monoisotopic (exact) mass is 232 g/mol. The molecule has 1 aliphatic heterocycles. The number of aryl methyl sites for hydroxylation is 2. The zero-order chi connectivity index (χ0) is 12.3. The van der Waals surface area contributed by atoms with Crippen LogP contribution in [-0.4, -0.2) is 25.7 Å². The minimum atomic E-state index is 0.642. The molecule has 94 valence electrons. The van der Waals surface area contributed by atoms with E-state index in [9.17, 15) is 0 Å². The standard InChI is InChI=1S/C15H24N2/c1-12-5-6-15(13(2)11-12)17-9-4-8-16-14(3)7-10-17/h5-6,11,14,16H,4,7-10H2,1-3H3. The Hall–Kier alpha value is -1.02. The summed E-state index contributed by atoms with van der Waals surface area (Å²) in [6.07, 6.45) is 2.46. The Morgan fingerprint density at radius 1 is 1.24 bits per heavy atom. The largest absolute Gasteiger partial charge is 0.371 e. The van der Waals surface area contributed by atoms with Crippen molar-refractivity contribution in [2.75, 3.05) is 24.5 Å². The van der Waals surface area contributed by atoms with E-state index in [1.807, 2.05) is 0 Å². The van der Waals surface area contributed by atoms with Gasteiger partial charge in [0.25, 0.3) is 0 Å². The average molecular weight is 232 g/mol. The van der Waals surface area contributed by atoms with Gasteiger partial charge in [0, 0.05) is 24.8 Å². The predicted molar refractivity (Wildman–Crippen MR) is 74.8 cm³/mol. The van der Waals surface area contributed by atoms with Crippen molar-refractivity contribution in [3.63, 3.8) is 0 Å². The van der Waals surface area contributed by atoms with Gasteiger partial charge in [-0.25, -0.2) is 0 Å². The summed E-state index contributed by atoms with van der Waals surface area (Å²) in [6.45, 7) is 10.1. The Labute approximate surface area is 105 Å². The molecule has 0 spiro atoms. The summed E-state index contributed by atoms with van der Waals surface area (Å²) in [6, 6.07) is 7.44. The molecule has 0 bridgehead atoms. The van der Waals surface area contributed by atoms with Crippen molar-refractivity contribution in [1.82, 2.24) is 5.32 Å². The smallest absolute Gasteiger partial charge is 0.0396 e. The van der Waals surface area contributed by atoms with E-state index in [0.29, 0.717) is 6.04 Å². The molecular formula is C15H24N2. The molecule has 1 fully saturated rings. The molecule has 0 radical (unpaired) electrons. The van der Waals surface area contributed by atoms with Gasteiger partial charge in [0.05, 0.1) is 0 Å². The van der Waals surface area contributed by atoms with Gasteiger partial charge < -0.3 is 10.2 Å². The Kier molecular flexibility index (Phi) is 4.06. The summed E-state index contributed by atoms with van der Waals surface area (Å²) in [5.41, 5.74) is 4.18. The van der Waals surface area contributed by atoms with E-state index < -0.39 is 0 Å². The number of rotatable bonds is 1. The van der Waals surface area contributed by atoms with Gasteiger partial charge in [0.15, 0.2) is 0 Å². The summed E-state index contributed by atoms with van der Waals surface area (Å²) in [5, 5.41) is 3.55. The van der Waals surface area contributed by atoms with E-state index in [1.54, 1.807) is 0 Å². The minimum absolute atomic E-state index is 0.642. The number of hydrogen-bond acceptors (Lipinski definition) is 2. The van der Waals surface area contributed by atoms with Crippen LogP contribution >= 0.6 is 0 Å². The minimum Gasteiger partial charge on any atom is -0.371 e. The fourth-order valence-electron chi connectivity index (χ4n) is 2.58. The van der Waals surface area contributed by atoms with E-state index in [-0.39, 0.29) is 0 Å². The molecular weight excluding hydrogens is 208 g/mol. The first-order valence-corrected chi connectivity index (χ1v) is 6.72. The molecule has 1 unspecified atom stereocenters. The lowest BCUT2D eigenvalue weighted by Crippen LogP contribution is -2.38. The van der Waals surface area contributed by atoms with Crippen molar-refractivity contribution < 1.29 is 0 Å². The molecule has 1 atom stereocenters. The number of nitrogens with one attached hydrogen (secondary N) is 1. The predicted octanol–water partition coefficient (Wildman–Crippen LogP) is 2.88. The quantitative estimate of drug-likeness (QED) is 0.801. The van der Waals surface area contributed by atoms with Crippen LogP contribution in [0.3, 0.4) is 0 Å². The maximum Gasteiger partial charge on any atom is 0.0396 e. The van der Waals surface area contributed by atoms with Crippen molar-refractivity contribution in [3.05, 3.63) is 29.3 Å². The van der Waals surface area contributed by atoms with Crippen LogP contribution in [0.15, 0.2) is 18.2 Å². The number of benzene rings is 1.